The van der Waals surface area contributed by atoms with Crippen molar-refractivity contribution in [2.45, 2.75) is 84.0 Å². The Balaban J connectivity index is 1.19. The van der Waals surface area contributed by atoms with E-state index in [9.17, 15) is 9.59 Å². The molecule has 1 N–H and O–H groups in total. The molecule has 3 aliphatic rings. The van der Waals surface area contributed by atoms with Gasteiger partial charge in [-0.3, -0.25) is 14.5 Å². The van der Waals surface area contributed by atoms with Gasteiger partial charge in [-0.2, -0.15) is 0 Å². The molecule has 0 aliphatic carbocycles. The van der Waals surface area contributed by atoms with Crippen LogP contribution >= 0.6 is 0 Å². The molecule has 10 heteroatoms. The van der Waals surface area contributed by atoms with Crippen LogP contribution in [0.3, 0.4) is 0 Å². The van der Waals surface area contributed by atoms with Gasteiger partial charge in [-0.15, -0.1) is 0 Å². The normalized spacial score (nSPS) is 19.1. The third kappa shape index (κ3) is 9.87. The van der Waals surface area contributed by atoms with Gasteiger partial charge < -0.3 is 33.9 Å². The number of fused-ring (bicyclic) bond motifs is 1. The Kier molecular flexibility index (Phi) is 12.8. The Bertz CT molecular complexity index is 1680. The number of benzene rings is 3. The van der Waals surface area contributed by atoms with E-state index < -0.39 is 5.79 Å². The summed E-state index contributed by atoms with van der Waals surface area (Å²) in [5, 5.41) is 3.10. The maximum Gasteiger partial charge on any atom is 0.251 e. The first-order chi connectivity index (χ1) is 25.2. The Morgan fingerprint density at radius 1 is 1.02 bits per heavy atom. The van der Waals surface area contributed by atoms with Crippen LogP contribution in [0.5, 0.6) is 5.75 Å². The molecule has 3 heterocycles. The lowest BCUT2D eigenvalue weighted by atomic mass is 10.00. The number of anilines is 2. The fraction of sp³-hybridized carbons (Fsp3) is 0.476. The van der Waals surface area contributed by atoms with E-state index in [1.54, 1.807) is 11.8 Å². The van der Waals surface area contributed by atoms with E-state index in [1.165, 1.54) is 5.56 Å². The average molecular weight is 712 g/mol. The fourth-order valence-electron chi connectivity index (χ4n) is 6.91. The van der Waals surface area contributed by atoms with Crippen LogP contribution in [-0.2, 0) is 35.1 Å². The summed E-state index contributed by atoms with van der Waals surface area (Å²) in [5.41, 5.74) is 5.96. The van der Waals surface area contributed by atoms with E-state index in [1.807, 2.05) is 67.6 Å². The van der Waals surface area contributed by atoms with E-state index >= 15 is 0 Å². The first-order valence-corrected chi connectivity index (χ1v) is 18.7. The minimum atomic E-state index is -0.968. The number of nitrogens with zero attached hydrogens (tertiary/aromatic N) is 2. The van der Waals surface area contributed by atoms with Crippen LogP contribution in [0.1, 0.15) is 70.4 Å². The van der Waals surface area contributed by atoms with Crippen LogP contribution in [0.25, 0.3) is 17.2 Å². The predicted molar refractivity (Wildman–Crippen MR) is 203 cm³/mol. The van der Waals surface area contributed by atoms with Crippen LogP contribution in [0.2, 0.25) is 0 Å². The summed E-state index contributed by atoms with van der Waals surface area (Å²) in [5.74, 6) is -0.557. The van der Waals surface area contributed by atoms with Crippen molar-refractivity contribution in [3.63, 3.8) is 0 Å². The minimum absolute atomic E-state index is 0.0765. The van der Waals surface area contributed by atoms with Gasteiger partial charge >= 0.3 is 0 Å². The summed E-state index contributed by atoms with van der Waals surface area (Å²) < 4.78 is 28.9. The lowest BCUT2D eigenvalue weighted by molar-refractivity contribution is -0.158. The van der Waals surface area contributed by atoms with E-state index in [2.05, 4.69) is 36.3 Å². The molecule has 0 bridgehead atoms. The lowest BCUT2D eigenvalue weighted by Gasteiger charge is -2.31. The lowest BCUT2D eigenvalue weighted by Crippen LogP contribution is -2.39. The summed E-state index contributed by atoms with van der Waals surface area (Å²) in [6.07, 6.45) is 6.33. The van der Waals surface area contributed by atoms with Gasteiger partial charge in [0.15, 0.2) is 12.1 Å². The first kappa shape index (κ1) is 37.7. The predicted octanol–water partition coefficient (Wildman–Crippen LogP) is 7.42. The molecular formula is C42H53N3O7. The number of ether oxygens (including phenoxy) is 5. The van der Waals surface area contributed by atoms with Gasteiger partial charge in [0.1, 0.15) is 5.75 Å². The van der Waals surface area contributed by atoms with Crippen molar-refractivity contribution in [1.82, 2.24) is 4.90 Å². The third-order valence-corrected chi connectivity index (χ3v) is 9.96. The molecule has 0 aromatic heterocycles. The molecule has 2 saturated heterocycles. The van der Waals surface area contributed by atoms with Crippen molar-refractivity contribution < 1.29 is 33.3 Å². The van der Waals surface area contributed by atoms with Gasteiger partial charge in [0.25, 0.3) is 5.91 Å². The van der Waals surface area contributed by atoms with Crippen molar-refractivity contribution in [1.29, 1.82) is 0 Å². The van der Waals surface area contributed by atoms with Gasteiger partial charge in [0.2, 0.25) is 5.91 Å². The summed E-state index contributed by atoms with van der Waals surface area (Å²) in [6.45, 7) is 10.2. The molecule has 278 valence electrons. The maximum absolute atomic E-state index is 13.8. The van der Waals surface area contributed by atoms with E-state index in [0.717, 1.165) is 79.3 Å². The highest BCUT2D eigenvalue weighted by Crippen LogP contribution is 2.35. The van der Waals surface area contributed by atoms with Crippen LogP contribution in [-0.4, -0.2) is 81.5 Å². The van der Waals surface area contributed by atoms with E-state index in [-0.39, 0.29) is 24.5 Å². The molecule has 2 unspecified atom stereocenters. The second-order valence-corrected chi connectivity index (χ2v) is 14.1. The van der Waals surface area contributed by atoms with Gasteiger partial charge in [-0.25, -0.2) is 0 Å². The number of nitrogens with one attached hydrogen (secondary N) is 1. The van der Waals surface area contributed by atoms with Crippen LogP contribution in [0, 0.1) is 0 Å². The first-order valence-electron chi connectivity index (χ1n) is 18.7. The van der Waals surface area contributed by atoms with Crippen LogP contribution < -0.4 is 15.0 Å². The molecule has 10 nitrogen and oxygen atoms in total. The van der Waals surface area contributed by atoms with Crippen molar-refractivity contribution in [3.8, 4) is 16.9 Å². The number of rotatable bonds is 14. The second kappa shape index (κ2) is 17.6. The highest BCUT2D eigenvalue weighted by Gasteiger charge is 2.36. The molecule has 2 fully saturated rings. The monoisotopic (exact) mass is 711 g/mol. The van der Waals surface area contributed by atoms with Crippen LogP contribution in [0.15, 0.2) is 72.3 Å². The van der Waals surface area contributed by atoms with Crippen molar-refractivity contribution in [3.05, 3.63) is 83.4 Å². The third-order valence-electron chi connectivity index (χ3n) is 9.96. The summed E-state index contributed by atoms with van der Waals surface area (Å²) in [7, 11) is 2.13. The molecular weight excluding hydrogens is 658 g/mol. The molecule has 0 radical (unpaired) electrons. The van der Waals surface area contributed by atoms with Gasteiger partial charge in [0, 0.05) is 37.0 Å². The Morgan fingerprint density at radius 3 is 2.48 bits per heavy atom. The van der Waals surface area contributed by atoms with Crippen molar-refractivity contribution >= 4 is 29.3 Å². The summed E-state index contributed by atoms with van der Waals surface area (Å²) in [4.78, 5) is 31.7. The number of hydrogen-bond acceptors (Lipinski definition) is 8. The van der Waals surface area contributed by atoms with Gasteiger partial charge in [-0.1, -0.05) is 43.7 Å². The minimum Gasteiger partial charge on any atom is -0.465 e. The molecule has 2 atom stereocenters. The number of likely N-dealkylation sites (N-methyl/N-ethyl adjacent to an activating group) is 1. The highest BCUT2D eigenvalue weighted by molar-refractivity contribution is 6.08. The quantitative estimate of drug-likeness (QED) is 0.136. The molecule has 0 saturated carbocycles. The Labute approximate surface area is 308 Å². The number of hydrogen-bond donors (Lipinski definition) is 1. The van der Waals surface area contributed by atoms with E-state index in [4.69, 9.17) is 23.7 Å². The van der Waals surface area contributed by atoms with Gasteiger partial charge in [0.05, 0.1) is 38.5 Å². The number of amides is 2. The Hall–Kier alpha value is -4.06. The van der Waals surface area contributed by atoms with Crippen molar-refractivity contribution in [2.75, 3.05) is 56.8 Å². The fourth-order valence-corrected chi connectivity index (χ4v) is 6.91. The molecule has 2 amide bonds. The number of carbonyl (C=O) groups is 2. The standard InChI is InChI=1S/C42H53N3O7/c1-5-6-22-49-30(2)52-38-16-11-32(12-17-38)33-13-18-39-35(25-33)26-34(19-20-45(39)40(46)27-42(3)50-23-24-51-42)41(47)43-36-14-9-31(10-15-36)28-44(4)37-8-7-21-48-29-37/h9-18,25-26,30,37H,5-8,19-24,27-29H2,1-4H3,(H,43,47). The number of carbonyl (C=O) groups excluding carboxylic acids is 2. The second-order valence-electron chi connectivity index (χ2n) is 14.1. The van der Waals surface area contributed by atoms with E-state index in [0.29, 0.717) is 44.4 Å². The van der Waals surface area contributed by atoms with Crippen LogP contribution in [0.4, 0.5) is 11.4 Å². The molecule has 3 aromatic rings. The number of unbranched alkanes of at least 4 members (excludes halogenated alkanes) is 1. The Morgan fingerprint density at radius 2 is 1.77 bits per heavy atom. The molecule has 52 heavy (non-hydrogen) atoms. The summed E-state index contributed by atoms with van der Waals surface area (Å²) >= 11 is 0. The van der Waals surface area contributed by atoms with Gasteiger partial charge in [-0.05, 0) is 111 Å². The zero-order valence-electron chi connectivity index (χ0n) is 31.0. The molecule has 3 aromatic carbocycles. The maximum atomic E-state index is 13.8. The topological polar surface area (TPSA) is 98.8 Å². The largest absolute Gasteiger partial charge is 0.465 e. The SMILES string of the molecule is CCCCOC(C)Oc1ccc(-c2ccc3c(c2)C=C(C(=O)Nc2ccc(CN(C)C4CCCOC4)cc2)CCN3C(=O)CC2(C)OCCO2)cc1. The molecule has 0 spiro atoms. The van der Waals surface area contributed by atoms with Crippen molar-refractivity contribution in [2.24, 2.45) is 0 Å². The molecule has 3 aliphatic heterocycles. The zero-order chi connectivity index (χ0) is 36.5. The summed E-state index contributed by atoms with van der Waals surface area (Å²) in [6, 6.07) is 22.3. The smallest absolute Gasteiger partial charge is 0.251 e. The zero-order valence-corrected chi connectivity index (χ0v) is 31.0. The average Bonchev–Trinajstić information content (AvgIpc) is 3.48. The molecule has 6 rings (SSSR count). The highest BCUT2D eigenvalue weighted by atomic mass is 16.7.